The Hall–Kier alpha value is -2.83. The van der Waals surface area contributed by atoms with Crippen molar-refractivity contribution in [3.05, 3.63) is 42.9 Å². The van der Waals surface area contributed by atoms with E-state index in [2.05, 4.69) is 15.3 Å². The number of likely N-dealkylation sites (tertiary alicyclic amines) is 1. The zero-order chi connectivity index (χ0) is 16.8. The SMILES string of the molecule is COc1cccc(NC(=O)N2CCCC(Oc3cnccn3)C2)c1. The number of hydrogen-bond donors (Lipinski definition) is 1. The summed E-state index contributed by atoms with van der Waals surface area (Å²) in [7, 11) is 1.60. The molecule has 3 rings (SSSR count). The highest BCUT2D eigenvalue weighted by Gasteiger charge is 2.25. The number of aromatic nitrogens is 2. The van der Waals surface area contributed by atoms with Crippen LogP contribution in [0, 0.1) is 0 Å². The number of ether oxygens (including phenoxy) is 2. The van der Waals surface area contributed by atoms with Crippen LogP contribution in [-0.2, 0) is 0 Å². The zero-order valence-corrected chi connectivity index (χ0v) is 13.5. The van der Waals surface area contributed by atoms with Crippen molar-refractivity contribution in [3.8, 4) is 11.6 Å². The number of carbonyl (C=O) groups excluding carboxylic acids is 1. The van der Waals surface area contributed by atoms with Crippen LogP contribution in [0.1, 0.15) is 12.8 Å². The summed E-state index contributed by atoms with van der Waals surface area (Å²) in [6, 6.07) is 7.15. The molecule has 1 aromatic heterocycles. The molecule has 1 atom stereocenters. The van der Waals surface area contributed by atoms with Gasteiger partial charge in [-0.15, -0.1) is 0 Å². The summed E-state index contributed by atoms with van der Waals surface area (Å²) in [4.78, 5) is 22.3. The Kier molecular flexibility index (Phi) is 5.10. The van der Waals surface area contributed by atoms with Gasteiger partial charge in [-0.1, -0.05) is 6.07 Å². The molecular formula is C17H20N4O3. The van der Waals surface area contributed by atoms with E-state index in [-0.39, 0.29) is 12.1 Å². The van der Waals surface area contributed by atoms with Crippen molar-refractivity contribution in [1.29, 1.82) is 0 Å². The maximum absolute atomic E-state index is 12.5. The first-order valence-corrected chi connectivity index (χ1v) is 7.87. The maximum Gasteiger partial charge on any atom is 0.321 e. The minimum atomic E-state index is -0.143. The first kappa shape index (κ1) is 16.0. The van der Waals surface area contributed by atoms with Crippen LogP contribution in [0.5, 0.6) is 11.6 Å². The van der Waals surface area contributed by atoms with E-state index in [9.17, 15) is 4.79 Å². The lowest BCUT2D eigenvalue weighted by molar-refractivity contribution is 0.102. The molecule has 1 N–H and O–H groups in total. The van der Waals surface area contributed by atoms with Gasteiger partial charge >= 0.3 is 6.03 Å². The zero-order valence-electron chi connectivity index (χ0n) is 13.5. The summed E-state index contributed by atoms with van der Waals surface area (Å²) >= 11 is 0. The fourth-order valence-corrected chi connectivity index (χ4v) is 2.64. The number of nitrogens with zero attached hydrogens (tertiary/aromatic N) is 3. The highest BCUT2D eigenvalue weighted by atomic mass is 16.5. The van der Waals surface area contributed by atoms with E-state index in [4.69, 9.17) is 9.47 Å². The molecular weight excluding hydrogens is 308 g/mol. The molecule has 1 aromatic carbocycles. The van der Waals surface area contributed by atoms with Gasteiger partial charge in [0.15, 0.2) is 0 Å². The summed E-state index contributed by atoms with van der Waals surface area (Å²) in [5, 5.41) is 2.89. The van der Waals surface area contributed by atoms with E-state index in [0.717, 1.165) is 12.8 Å². The number of methoxy groups -OCH3 is 1. The molecule has 0 spiro atoms. The van der Waals surface area contributed by atoms with Crippen LogP contribution in [0.2, 0.25) is 0 Å². The molecule has 1 saturated heterocycles. The molecule has 2 aromatic rings. The lowest BCUT2D eigenvalue weighted by atomic mass is 10.1. The molecule has 24 heavy (non-hydrogen) atoms. The largest absolute Gasteiger partial charge is 0.497 e. The van der Waals surface area contributed by atoms with Crippen LogP contribution in [0.25, 0.3) is 0 Å². The highest BCUT2D eigenvalue weighted by Crippen LogP contribution is 2.19. The van der Waals surface area contributed by atoms with Crippen molar-refractivity contribution >= 4 is 11.7 Å². The predicted molar refractivity (Wildman–Crippen MR) is 89.3 cm³/mol. The van der Waals surface area contributed by atoms with Crippen LogP contribution in [-0.4, -0.2) is 47.2 Å². The van der Waals surface area contributed by atoms with Crippen molar-refractivity contribution in [2.24, 2.45) is 0 Å². The number of piperidine rings is 1. The van der Waals surface area contributed by atoms with E-state index in [0.29, 0.717) is 30.4 Å². The number of hydrogen-bond acceptors (Lipinski definition) is 5. The summed E-state index contributed by atoms with van der Waals surface area (Å²) in [5.74, 6) is 1.19. The maximum atomic E-state index is 12.5. The molecule has 1 fully saturated rings. The molecule has 2 heterocycles. The van der Waals surface area contributed by atoms with Crippen molar-refractivity contribution in [2.75, 3.05) is 25.5 Å². The molecule has 7 nitrogen and oxygen atoms in total. The second-order valence-corrected chi connectivity index (χ2v) is 5.53. The van der Waals surface area contributed by atoms with E-state index in [1.165, 1.54) is 0 Å². The Morgan fingerprint density at radius 1 is 1.38 bits per heavy atom. The second-order valence-electron chi connectivity index (χ2n) is 5.53. The molecule has 0 bridgehead atoms. The number of carbonyl (C=O) groups is 1. The second kappa shape index (κ2) is 7.63. The fraction of sp³-hybridized carbons (Fsp3) is 0.353. The van der Waals surface area contributed by atoms with Crippen molar-refractivity contribution in [3.63, 3.8) is 0 Å². The molecule has 0 aliphatic carbocycles. The van der Waals surface area contributed by atoms with Crippen molar-refractivity contribution in [2.45, 2.75) is 18.9 Å². The van der Waals surface area contributed by atoms with Crippen LogP contribution in [0.15, 0.2) is 42.9 Å². The molecule has 126 valence electrons. The van der Waals surface area contributed by atoms with Crippen molar-refractivity contribution < 1.29 is 14.3 Å². The monoisotopic (exact) mass is 328 g/mol. The van der Waals surface area contributed by atoms with Crippen molar-refractivity contribution in [1.82, 2.24) is 14.9 Å². The van der Waals surface area contributed by atoms with Gasteiger partial charge in [0.2, 0.25) is 5.88 Å². The quantitative estimate of drug-likeness (QED) is 0.933. The molecule has 1 aliphatic heterocycles. The lowest BCUT2D eigenvalue weighted by Gasteiger charge is -2.32. The van der Waals surface area contributed by atoms with Gasteiger partial charge in [0, 0.05) is 30.7 Å². The van der Waals surface area contributed by atoms with E-state index in [1.54, 1.807) is 36.7 Å². The number of urea groups is 1. The average molecular weight is 328 g/mol. The summed E-state index contributed by atoms with van der Waals surface area (Å²) < 4.78 is 11.0. The van der Waals surface area contributed by atoms with Gasteiger partial charge in [-0.3, -0.25) is 4.98 Å². The first-order valence-electron chi connectivity index (χ1n) is 7.87. The number of rotatable bonds is 4. The summed E-state index contributed by atoms with van der Waals surface area (Å²) in [6.07, 6.45) is 6.46. The van der Waals surface area contributed by atoms with Gasteiger partial charge in [0.25, 0.3) is 0 Å². The van der Waals surface area contributed by atoms with Gasteiger partial charge < -0.3 is 19.7 Å². The van der Waals surface area contributed by atoms with E-state index < -0.39 is 0 Å². The van der Waals surface area contributed by atoms with Gasteiger partial charge in [-0.2, -0.15) is 0 Å². The third kappa shape index (κ3) is 4.13. The third-order valence-electron chi connectivity index (χ3n) is 3.81. The molecule has 7 heteroatoms. The third-order valence-corrected chi connectivity index (χ3v) is 3.81. The molecule has 1 aliphatic rings. The Morgan fingerprint density at radius 2 is 2.29 bits per heavy atom. The highest BCUT2D eigenvalue weighted by molar-refractivity contribution is 5.89. The molecule has 0 saturated carbocycles. The Balaban J connectivity index is 1.58. The molecule has 1 unspecified atom stereocenters. The minimum Gasteiger partial charge on any atom is -0.497 e. The van der Waals surface area contributed by atoms with Gasteiger partial charge in [0.1, 0.15) is 11.9 Å². The van der Waals surface area contributed by atoms with Crippen LogP contribution in [0.3, 0.4) is 0 Å². The Labute approximate surface area is 140 Å². The Morgan fingerprint density at radius 3 is 3.08 bits per heavy atom. The predicted octanol–water partition coefficient (Wildman–Crippen LogP) is 2.56. The number of nitrogens with one attached hydrogen (secondary N) is 1. The summed E-state index contributed by atoms with van der Waals surface area (Å²) in [6.45, 7) is 1.22. The van der Waals surface area contributed by atoms with Crippen LogP contribution < -0.4 is 14.8 Å². The first-order chi connectivity index (χ1) is 11.7. The van der Waals surface area contributed by atoms with Crippen LogP contribution in [0.4, 0.5) is 10.5 Å². The fourth-order valence-electron chi connectivity index (χ4n) is 2.64. The molecule has 2 amide bonds. The molecule has 0 radical (unpaired) electrons. The van der Waals surface area contributed by atoms with E-state index >= 15 is 0 Å². The topological polar surface area (TPSA) is 76.6 Å². The normalized spacial score (nSPS) is 17.2. The number of benzene rings is 1. The average Bonchev–Trinajstić information content (AvgIpc) is 2.63. The summed E-state index contributed by atoms with van der Waals surface area (Å²) in [5.41, 5.74) is 0.705. The minimum absolute atomic E-state index is 0.0773. The van der Waals surface area contributed by atoms with Gasteiger partial charge in [-0.05, 0) is 25.0 Å². The van der Waals surface area contributed by atoms with Gasteiger partial charge in [-0.25, -0.2) is 9.78 Å². The van der Waals surface area contributed by atoms with Crippen LogP contribution >= 0.6 is 0 Å². The van der Waals surface area contributed by atoms with E-state index in [1.807, 2.05) is 18.2 Å². The Bertz CT molecular complexity index is 681. The smallest absolute Gasteiger partial charge is 0.321 e. The standard InChI is InChI=1S/C17H20N4O3/c1-23-14-5-2-4-13(10-14)20-17(22)21-9-3-6-15(12-21)24-16-11-18-7-8-19-16/h2,4-5,7-8,10-11,15H,3,6,9,12H2,1H3,(H,20,22). The van der Waals surface area contributed by atoms with Gasteiger partial charge in [0.05, 0.1) is 19.9 Å². The number of amides is 2. The lowest BCUT2D eigenvalue weighted by Crippen LogP contribution is -2.46. The number of anilines is 1.